The summed E-state index contributed by atoms with van der Waals surface area (Å²) in [6.07, 6.45) is -0.270. The van der Waals surface area contributed by atoms with Crippen LogP contribution in [-0.4, -0.2) is 24.0 Å². The molecule has 0 heterocycles. The molecule has 13 heavy (non-hydrogen) atoms. The Morgan fingerprint density at radius 1 is 1.38 bits per heavy atom. The average Bonchev–Trinajstić information content (AvgIpc) is 1.81. The van der Waals surface area contributed by atoms with Gasteiger partial charge in [-0.3, -0.25) is 4.79 Å². The molecule has 4 heteroatoms. The molecular weight excluding hydrogens is 170 g/mol. The highest BCUT2D eigenvalue weighted by Crippen LogP contribution is 2.06. The molecule has 75 valence electrons. The van der Waals surface area contributed by atoms with Crippen LogP contribution >= 0.6 is 0 Å². The molecule has 0 saturated heterocycles. The van der Waals surface area contributed by atoms with Crippen molar-refractivity contribution in [3.8, 4) is 0 Å². The summed E-state index contributed by atoms with van der Waals surface area (Å²) in [6.45, 7) is 8.78. The first-order valence-electron chi connectivity index (χ1n) is 4.13. The molecule has 0 aromatic heterocycles. The van der Waals surface area contributed by atoms with Gasteiger partial charge in [0.2, 0.25) is 0 Å². The molecule has 4 nitrogen and oxygen atoms in total. The van der Waals surface area contributed by atoms with Gasteiger partial charge in [0.05, 0.1) is 0 Å². The normalized spacial score (nSPS) is 10.8. The zero-order valence-electron chi connectivity index (χ0n) is 8.35. The lowest BCUT2D eigenvalue weighted by Gasteiger charge is -2.19. The number of hydrogen-bond acceptors (Lipinski definition) is 3. The first kappa shape index (κ1) is 11.9. The smallest absolute Gasteiger partial charge is 0.407 e. The number of carbonyl (C=O) groups excluding carboxylic acids is 2. The number of alkyl carbamates (subject to hydrolysis) is 1. The molecule has 0 saturated carbocycles. The van der Waals surface area contributed by atoms with Crippen molar-refractivity contribution in [2.45, 2.75) is 32.8 Å². The number of amides is 1. The average molecular weight is 186 g/mol. The monoisotopic (exact) mass is 186 g/mol. The molecule has 0 aromatic carbocycles. The van der Waals surface area contributed by atoms with Crippen molar-refractivity contribution in [3.63, 3.8) is 0 Å². The maximum absolute atomic E-state index is 11.0. The van der Waals surface area contributed by atoms with Crippen molar-refractivity contribution in [3.05, 3.63) is 6.92 Å². The highest BCUT2D eigenvalue weighted by atomic mass is 16.6. The van der Waals surface area contributed by atoms with E-state index in [4.69, 9.17) is 4.74 Å². The highest BCUT2D eigenvalue weighted by molar-refractivity contribution is 5.83. The number of hydrogen-bond donors (Lipinski definition) is 1. The minimum atomic E-state index is -0.506. The van der Waals surface area contributed by atoms with Gasteiger partial charge in [-0.1, -0.05) is 0 Å². The Bertz CT molecular complexity index is 194. The third kappa shape index (κ3) is 8.85. The lowest BCUT2D eigenvalue weighted by molar-refractivity contribution is -0.114. The van der Waals surface area contributed by atoms with Crippen LogP contribution in [-0.2, 0) is 9.53 Å². The number of nitrogens with one attached hydrogen (secondary N) is 1. The van der Waals surface area contributed by atoms with Crippen LogP contribution < -0.4 is 5.32 Å². The zero-order chi connectivity index (χ0) is 10.5. The SMILES string of the molecule is [CH2]C(=O)CCNC(=O)OC(C)(C)C. The quantitative estimate of drug-likeness (QED) is 0.722. The summed E-state index contributed by atoms with van der Waals surface area (Å²) in [4.78, 5) is 21.4. The lowest BCUT2D eigenvalue weighted by Crippen LogP contribution is -2.33. The Hall–Kier alpha value is -1.06. The molecule has 0 aliphatic heterocycles. The third-order valence-electron chi connectivity index (χ3n) is 1.07. The van der Waals surface area contributed by atoms with E-state index in [0.29, 0.717) is 0 Å². The Balaban J connectivity index is 3.59. The summed E-state index contributed by atoms with van der Waals surface area (Å²) in [7, 11) is 0. The van der Waals surface area contributed by atoms with Gasteiger partial charge in [-0.25, -0.2) is 4.79 Å². The van der Waals surface area contributed by atoms with E-state index in [1.54, 1.807) is 20.8 Å². The summed E-state index contributed by atoms with van der Waals surface area (Å²) in [5, 5.41) is 2.45. The third-order valence-corrected chi connectivity index (χ3v) is 1.07. The van der Waals surface area contributed by atoms with Gasteiger partial charge >= 0.3 is 6.09 Å². The maximum Gasteiger partial charge on any atom is 0.407 e. The maximum atomic E-state index is 11.0. The minimum Gasteiger partial charge on any atom is -0.444 e. The van der Waals surface area contributed by atoms with Gasteiger partial charge < -0.3 is 10.1 Å². The molecule has 0 fully saturated rings. The van der Waals surface area contributed by atoms with E-state index < -0.39 is 11.7 Å². The van der Waals surface area contributed by atoms with E-state index >= 15 is 0 Å². The van der Waals surface area contributed by atoms with Gasteiger partial charge in [-0.15, -0.1) is 0 Å². The number of ether oxygens (including phenoxy) is 1. The second kappa shape index (κ2) is 4.84. The molecule has 0 aliphatic carbocycles. The Labute approximate surface area is 78.6 Å². The molecule has 0 atom stereocenters. The molecule has 0 rings (SSSR count). The molecule has 1 radical (unpaired) electrons. The first-order chi connectivity index (χ1) is 5.81. The van der Waals surface area contributed by atoms with E-state index in [0.717, 1.165) is 0 Å². The van der Waals surface area contributed by atoms with Gasteiger partial charge in [0.1, 0.15) is 11.4 Å². The molecule has 1 N–H and O–H groups in total. The van der Waals surface area contributed by atoms with Crippen LogP contribution in [0, 0.1) is 6.92 Å². The number of carbonyl (C=O) groups is 2. The van der Waals surface area contributed by atoms with E-state index in [2.05, 4.69) is 12.2 Å². The van der Waals surface area contributed by atoms with Crippen molar-refractivity contribution in [1.82, 2.24) is 5.32 Å². The fraction of sp³-hybridized carbons (Fsp3) is 0.667. The molecule has 0 unspecified atom stereocenters. The number of Topliss-reactive ketones (excluding diaryl/α,β-unsaturated/α-hetero) is 1. The molecule has 1 amide bonds. The minimum absolute atomic E-state index is 0.198. The van der Waals surface area contributed by atoms with Crippen LogP contribution in [0.3, 0.4) is 0 Å². The Kier molecular flexibility index (Phi) is 4.45. The van der Waals surface area contributed by atoms with Crippen molar-refractivity contribution in [1.29, 1.82) is 0 Å². The summed E-state index contributed by atoms with van der Waals surface area (Å²) in [6, 6.07) is 0. The number of ketones is 1. The van der Waals surface area contributed by atoms with Crippen molar-refractivity contribution in [2.75, 3.05) is 6.54 Å². The van der Waals surface area contributed by atoms with Gasteiger partial charge in [0.15, 0.2) is 0 Å². The fourth-order valence-electron chi connectivity index (χ4n) is 0.618. The van der Waals surface area contributed by atoms with E-state index in [1.807, 2.05) is 0 Å². The van der Waals surface area contributed by atoms with E-state index in [1.165, 1.54) is 0 Å². The second-order valence-corrected chi connectivity index (χ2v) is 3.72. The predicted octanol–water partition coefficient (Wildman–Crippen LogP) is 1.30. The second-order valence-electron chi connectivity index (χ2n) is 3.72. The topological polar surface area (TPSA) is 55.4 Å². The van der Waals surface area contributed by atoms with Crippen LogP contribution in [0.5, 0.6) is 0 Å². The van der Waals surface area contributed by atoms with E-state index in [-0.39, 0.29) is 18.7 Å². The summed E-state index contributed by atoms with van der Waals surface area (Å²) in [5.74, 6) is -0.198. The van der Waals surface area contributed by atoms with Gasteiger partial charge in [-0.05, 0) is 20.8 Å². The van der Waals surface area contributed by atoms with Crippen LogP contribution in [0.4, 0.5) is 4.79 Å². The molecule has 0 aromatic rings. The number of rotatable bonds is 3. The zero-order valence-corrected chi connectivity index (χ0v) is 8.35. The van der Waals surface area contributed by atoms with Crippen molar-refractivity contribution in [2.24, 2.45) is 0 Å². The van der Waals surface area contributed by atoms with Crippen LogP contribution in [0.2, 0.25) is 0 Å². The summed E-state index contributed by atoms with van der Waals surface area (Å²) >= 11 is 0. The van der Waals surface area contributed by atoms with Gasteiger partial charge in [0.25, 0.3) is 0 Å². The summed E-state index contributed by atoms with van der Waals surface area (Å²) < 4.78 is 4.94. The van der Waals surface area contributed by atoms with Gasteiger partial charge in [0, 0.05) is 19.9 Å². The lowest BCUT2D eigenvalue weighted by atomic mass is 10.2. The van der Waals surface area contributed by atoms with Crippen LogP contribution in [0.1, 0.15) is 27.2 Å². The Morgan fingerprint density at radius 3 is 2.31 bits per heavy atom. The van der Waals surface area contributed by atoms with E-state index in [9.17, 15) is 9.59 Å². The van der Waals surface area contributed by atoms with Crippen LogP contribution in [0.15, 0.2) is 0 Å². The van der Waals surface area contributed by atoms with Crippen molar-refractivity contribution < 1.29 is 14.3 Å². The molecular formula is C9H16NO3. The molecule has 0 bridgehead atoms. The highest BCUT2D eigenvalue weighted by Gasteiger charge is 2.15. The molecule has 0 spiro atoms. The van der Waals surface area contributed by atoms with Crippen LogP contribution in [0.25, 0.3) is 0 Å². The first-order valence-corrected chi connectivity index (χ1v) is 4.13. The van der Waals surface area contributed by atoms with Gasteiger partial charge in [-0.2, -0.15) is 0 Å². The standard InChI is InChI=1S/C9H16NO3/c1-7(11)5-6-10-8(12)13-9(2,3)4/h1,5-6H2,2-4H3,(H,10,12). The van der Waals surface area contributed by atoms with Crippen molar-refractivity contribution >= 4 is 11.9 Å². The summed E-state index contributed by atoms with van der Waals surface area (Å²) in [5.41, 5.74) is -0.501. The molecule has 0 aliphatic rings. The fourth-order valence-corrected chi connectivity index (χ4v) is 0.618. The predicted molar refractivity (Wildman–Crippen MR) is 49.2 cm³/mol. The Morgan fingerprint density at radius 2 is 1.92 bits per heavy atom. The largest absolute Gasteiger partial charge is 0.444 e.